The number of nitrogens with one attached hydrogen (secondary N) is 1. The van der Waals surface area contributed by atoms with E-state index < -0.39 is 0 Å². The summed E-state index contributed by atoms with van der Waals surface area (Å²) in [5, 5.41) is 11.0. The molecule has 0 saturated carbocycles. The van der Waals surface area contributed by atoms with Gasteiger partial charge in [-0.2, -0.15) is 0 Å². The minimum atomic E-state index is -0.238. The number of aromatic hydroxyl groups is 1. The van der Waals surface area contributed by atoms with Crippen LogP contribution in [0.2, 0.25) is 0 Å². The first kappa shape index (κ1) is 27.5. The van der Waals surface area contributed by atoms with Crippen LogP contribution in [-0.4, -0.2) is 28.6 Å². The lowest BCUT2D eigenvalue weighted by Crippen LogP contribution is -2.43. The molecule has 2 N–H and O–H groups in total. The number of halogens is 1. The largest absolute Gasteiger partial charge is 0.508 e. The van der Waals surface area contributed by atoms with Crippen LogP contribution in [0.3, 0.4) is 0 Å². The van der Waals surface area contributed by atoms with Gasteiger partial charge in [-0.1, -0.05) is 60.7 Å². The van der Waals surface area contributed by atoms with E-state index in [4.69, 9.17) is 9.47 Å². The molecule has 6 heteroatoms. The number of phenols is 1. The molecule has 2 aliphatic heterocycles. The Morgan fingerprint density at radius 1 is 0.867 bits per heavy atom. The maximum absolute atomic E-state index is 14.1. The summed E-state index contributed by atoms with van der Waals surface area (Å²) in [5.41, 5.74) is 10.3. The van der Waals surface area contributed by atoms with Gasteiger partial charge in [-0.15, -0.1) is 0 Å². The Labute approximate surface area is 261 Å². The summed E-state index contributed by atoms with van der Waals surface area (Å²) in [6, 6.07) is 35.3. The lowest BCUT2D eigenvalue weighted by molar-refractivity contribution is 0.127. The number of H-pyrrole nitrogens is 1. The van der Waals surface area contributed by atoms with E-state index in [0.717, 1.165) is 64.3 Å². The van der Waals surface area contributed by atoms with E-state index >= 15 is 0 Å². The number of phenolic OH excluding ortho intramolecular Hbond substituents is 1. The molecule has 0 aliphatic carbocycles. The van der Waals surface area contributed by atoms with E-state index in [1.165, 1.54) is 22.1 Å². The molecule has 45 heavy (non-hydrogen) atoms. The lowest BCUT2D eigenvalue weighted by Gasteiger charge is -2.46. The molecular formula is C39H33FN2O3. The number of aromatic amines is 1. The Bertz CT molecular complexity index is 2000. The van der Waals surface area contributed by atoms with Crippen molar-refractivity contribution in [1.29, 1.82) is 0 Å². The molecule has 2 aliphatic rings. The van der Waals surface area contributed by atoms with Crippen LogP contribution >= 0.6 is 0 Å². The van der Waals surface area contributed by atoms with Gasteiger partial charge in [-0.3, -0.25) is 4.90 Å². The minimum Gasteiger partial charge on any atom is -0.508 e. The number of hydrogen-bond donors (Lipinski definition) is 2. The maximum atomic E-state index is 14.1. The van der Waals surface area contributed by atoms with Crippen molar-refractivity contribution in [1.82, 2.24) is 9.88 Å². The highest BCUT2D eigenvalue weighted by molar-refractivity contribution is 5.90. The van der Waals surface area contributed by atoms with Gasteiger partial charge in [-0.05, 0) is 100 Å². The van der Waals surface area contributed by atoms with Gasteiger partial charge in [0, 0.05) is 29.2 Å². The molecular weight excluding hydrogens is 563 g/mol. The first-order valence-electron chi connectivity index (χ1n) is 15.4. The number of benzene rings is 5. The summed E-state index contributed by atoms with van der Waals surface area (Å²) in [5.74, 6) is 1.49. The first-order chi connectivity index (χ1) is 22.1. The fraction of sp³-hybridized carbons (Fsp3) is 0.179. The Balaban J connectivity index is 1.25. The molecule has 5 aromatic carbocycles. The number of fused-ring (bicyclic) bond motifs is 6. The van der Waals surface area contributed by atoms with Crippen molar-refractivity contribution < 1.29 is 19.0 Å². The molecule has 0 saturated heterocycles. The fourth-order valence-corrected chi connectivity index (χ4v) is 7.19. The molecule has 0 bridgehead atoms. The van der Waals surface area contributed by atoms with Crippen molar-refractivity contribution >= 4 is 10.9 Å². The highest BCUT2D eigenvalue weighted by Gasteiger charge is 2.41. The molecule has 6 aromatic rings. The molecule has 0 radical (unpaired) electrons. The second-order valence-electron chi connectivity index (χ2n) is 12.0. The maximum Gasteiger partial charge on any atom is 0.162 e. The van der Waals surface area contributed by atoms with Crippen LogP contribution in [-0.2, 0) is 19.4 Å². The zero-order chi connectivity index (χ0) is 30.5. The molecule has 224 valence electrons. The van der Waals surface area contributed by atoms with E-state index in [0.29, 0.717) is 6.61 Å². The van der Waals surface area contributed by atoms with Gasteiger partial charge in [0.2, 0.25) is 0 Å². The number of hydrogen-bond acceptors (Lipinski definition) is 4. The monoisotopic (exact) mass is 596 g/mol. The SMILES string of the molecule is COc1cc2c(cc1OCc1ccccc1)C1Cc3c([nH]c4ccc(-c5ccc(O)cc5)cc34)C(c3ccc(F)cc3)N1CC2. The zero-order valence-corrected chi connectivity index (χ0v) is 25.0. The summed E-state index contributed by atoms with van der Waals surface area (Å²) in [6.07, 6.45) is 1.70. The van der Waals surface area contributed by atoms with Gasteiger partial charge in [0.25, 0.3) is 0 Å². The smallest absolute Gasteiger partial charge is 0.162 e. The zero-order valence-electron chi connectivity index (χ0n) is 25.0. The minimum absolute atomic E-state index is 0.0622. The number of rotatable bonds is 6. The van der Waals surface area contributed by atoms with Crippen LogP contribution in [0.4, 0.5) is 4.39 Å². The van der Waals surface area contributed by atoms with E-state index in [9.17, 15) is 9.50 Å². The molecule has 2 unspecified atom stereocenters. The van der Waals surface area contributed by atoms with Gasteiger partial charge in [0.1, 0.15) is 18.2 Å². The van der Waals surface area contributed by atoms with Crippen LogP contribution < -0.4 is 9.47 Å². The number of aromatic nitrogens is 1. The Morgan fingerprint density at radius 2 is 1.64 bits per heavy atom. The van der Waals surface area contributed by atoms with Gasteiger partial charge in [-0.25, -0.2) is 4.39 Å². The van der Waals surface area contributed by atoms with Crippen LogP contribution in [0, 0.1) is 5.82 Å². The molecule has 1 aromatic heterocycles. The van der Waals surface area contributed by atoms with Gasteiger partial charge in [0.05, 0.1) is 13.2 Å². The van der Waals surface area contributed by atoms with Gasteiger partial charge in [0.15, 0.2) is 11.5 Å². The molecule has 8 rings (SSSR count). The third kappa shape index (κ3) is 4.92. The van der Waals surface area contributed by atoms with Gasteiger partial charge >= 0.3 is 0 Å². The average molecular weight is 597 g/mol. The van der Waals surface area contributed by atoms with Crippen LogP contribution in [0.5, 0.6) is 17.2 Å². The third-order valence-corrected chi connectivity index (χ3v) is 9.39. The fourth-order valence-electron chi connectivity index (χ4n) is 7.19. The molecule has 2 atom stereocenters. The van der Waals surface area contributed by atoms with Crippen LogP contribution in [0.15, 0.2) is 109 Å². The van der Waals surface area contributed by atoms with Gasteiger partial charge < -0.3 is 19.6 Å². The van der Waals surface area contributed by atoms with E-state index in [1.54, 1.807) is 31.4 Å². The summed E-state index contributed by atoms with van der Waals surface area (Å²) < 4.78 is 26.3. The van der Waals surface area contributed by atoms with E-state index in [1.807, 2.05) is 42.5 Å². The average Bonchev–Trinajstić information content (AvgIpc) is 3.44. The topological polar surface area (TPSA) is 57.7 Å². The van der Waals surface area contributed by atoms with E-state index in [-0.39, 0.29) is 23.7 Å². The van der Waals surface area contributed by atoms with Crippen LogP contribution in [0.25, 0.3) is 22.0 Å². The molecule has 0 amide bonds. The highest BCUT2D eigenvalue weighted by Crippen LogP contribution is 2.50. The molecule has 5 nitrogen and oxygen atoms in total. The number of methoxy groups -OCH3 is 1. The number of ether oxygens (including phenoxy) is 2. The standard InChI is InChI=1S/C39H33FN2O3/c1-44-36-20-28-17-18-42-35(31(28)22-37(36)45-23-24-5-3-2-4-6-24)21-33-32-19-27(25-9-14-30(43)15-10-25)11-16-34(32)41-38(33)39(42)26-7-12-29(40)13-8-26/h2-16,19-20,22,35,39,41,43H,17-18,21,23H2,1H3. The van der Waals surface area contributed by atoms with Crippen LogP contribution in [0.1, 0.15) is 45.6 Å². The van der Waals surface area contributed by atoms with Crippen molar-refractivity contribution in [3.63, 3.8) is 0 Å². The summed E-state index contributed by atoms with van der Waals surface area (Å²) >= 11 is 0. The molecule has 3 heterocycles. The summed E-state index contributed by atoms with van der Waals surface area (Å²) in [4.78, 5) is 6.33. The second kappa shape index (κ2) is 11.1. The molecule has 0 fully saturated rings. The second-order valence-corrected chi connectivity index (χ2v) is 12.0. The van der Waals surface area contributed by atoms with Crippen molar-refractivity contribution in [3.8, 4) is 28.4 Å². The predicted molar refractivity (Wildman–Crippen MR) is 174 cm³/mol. The quantitative estimate of drug-likeness (QED) is 0.202. The van der Waals surface area contributed by atoms with Crippen molar-refractivity contribution in [3.05, 3.63) is 149 Å². The Kier molecular flexibility index (Phi) is 6.80. The predicted octanol–water partition coefficient (Wildman–Crippen LogP) is 8.51. The van der Waals surface area contributed by atoms with E-state index in [2.05, 4.69) is 52.3 Å². The van der Waals surface area contributed by atoms with Crippen molar-refractivity contribution in [2.45, 2.75) is 31.5 Å². The third-order valence-electron chi connectivity index (χ3n) is 9.39. The number of nitrogens with zero attached hydrogens (tertiary/aromatic N) is 1. The Hall–Kier alpha value is -5.07. The van der Waals surface area contributed by atoms with Crippen molar-refractivity contribution in [2.24, 2.45) is 0 Å². The normalized spacial score (nSPS) is 17.4. The summed E-state index contributed by atoms with van der Waals surface area (Å²) in [7, 11) is 1.70. The Morgan fingerprint density at radius 3 is 2.42 bits per heavy atom. The lowest BCUT2D eigenvalue weighted by atomic mass is 9.80. The first-order valence-corrected chi connectivity index (χ1v) is 15.4. The van der Waals surface area contributed by atoms with Crippen molar-refractivity contribution in [2.75, 3.05) is 13.7 Å². The summed E-state index contributed by atoms with van der Waals surface area (Å²) in [6.45, 7) is 1.32. The highest BCUT2D eigenvalue weighted by atomic mass is 19.1. The molecule has 0 spiro atoms.